The van der Waals surface area contributed by atoms with Crippen LogP contribution >= 0.6 is 23.2 Å². The van der Waals surface area contributed by atoms with Crippen molar-refractivity contribution in [1.82, 2.24) is 0 Å². The predicted molar refractivity (Wildman–Crippen MR) is 188 cm³/mol. The van der Waals surface area contributed by atoms with E-state index in [4.69, 9.17) is 23.2 Å². The van der Waals surface area contributed by atoms with Gasteiger partial charge in [-0.25, -0.2) is 9.29 Å². The fourth-order valence-electron chi connectivity index (χ4n) is 8.40. The Morgan fingerprint density at radius 2 is 1.41 bits per heavy atom. The number of anilines is 2. The van der Waals surface area contributed by atoms with Gasteiger partial charge < -0.3 is 5.11 Å². The quantitative estimate of drug-likeness (QED) is 0.105. The average Bonchev–Trinajstić information content (AvgIpc) is 3.47. The summed E-state index contributed by atoms with van der Waals surface area (Å²) in [6.45, 7) is 1.68. The zero-order chi connectivity index (χ0) is 36.0. The second kappa shape index (κ2) is 11.7. The Bertz CT molecular complexity index is 2210. The highest BCUT2D eigenvalue weighted by molar-refractivity contribution is 6.58. The number of allylic oxidation sites excluding steroid dienone is 2. The van der Waals surface area contributed by atoms with Crippen LogP contribution in [0, 0.1) is 30.5 Å². The van der Waals surface area contributed by atoms with Gasteiger partial charge in [0.15, 0.2) is 15.5 Å². The Hall–Kier alpha value is -5.12. The first-order chi connectivity index (χ1) is 24.4. The summed E-state index contributed by atoms with van der Waals surface area (Å²) in [5, 5.41) is 10.4. The molecule has 6 atom stereocenters. The minimum Gasteiger partial charge on any atom is -0.508 e. The number of fused-ring (bicyclic) bond motifs is 4. The minimum atomic E-state index is -2.08. The molecular weight excluding hydrogens is 694 g/mol. The number of phenols is 1. The van der Waals surface area contributed by atoms with Crippen molar-refractivity contribution in [3.63, 3.8) is 0 Å². The molecule has 4 aliphatic rings. The van der Waals surface area contributed by atoms with Crippen LogP contribution in [-0.2, 0) is 19.2 Å². The maximum Gasteiger partial charge on any atom is 0.258 e. The summed E-state index contributed by atoms with van der Waals surface area (Å²) in [4.78, 5) is 68.2. The maximum absolute atomic E-state index is 14.5. The lowest BCUT2D eigenvalue weighted by molar-refractivity contribution is -0.125. The largest absolute Gasteiger partial charge is 0.508 e. The number of carbonyl (C=O) groups excluding carboxylic acids is 5. The molecule has 1 saturated carbocycles. The average molecular weight is 724 g/mol. The summed E-state index contributed by atoms with van der Waals surface area (Å²) in [5.41, 5.74) is 2.86. The molecule has 51 heavy (non-hydrogen) atoms. The third-order valence-corrected chi connectivity index (χ3v) is 12.3. The van der Waals surface area contributed by atoms with E-state index in [1.807, 2.05) is 12.1 Å². The third-order valence-electron chi connectivity index (χ3n) is 10.9. The Balaban J connectivity index is 1.20. The summed E-state index contributed by atoms with van der Waals surface area (Å²) in [5.74, 6) is -6.79. The van der Waals surface area contributed by atoms with Crippen LogP contribution in [0.5, 0.6) is 5.75 Å². The van der Waals surface area contributed by atoms with Crippen LogP contribution in [0.4, 0.5) is 15.8 Å². The number of nitrogens with zero attached hydrogens (tertiary/aromatic N) is 2. The minimum absolute atomic E-state index is 0.00927. The molecule has 3 fully saturated rings. The number of amides is 4. The monoisotopic (exact) mass is 722 g/mol. The summed E-state index contributed by atoms with van der Waals surface area (Å²) in [6.07, 6.45) is 1.77. The van der Waals surface area contributed by atoms with Gasteiger partial charge in [0.2, 0.25) is 11.8 Å². The second-order valence-electron chi connectivity index (χ2n) is 13.6. The molecule has 0 bridgehead atoms. The Kier molecular flexibility index (Phi) is 7.59. The molecule has 2 saturated heterocycles. The molecule has 4 aromatic rings. The Morgan fingerprint density at radius 1 is 0.784 bits per heavy atom. The molecule has 2 aliphatic heterocycles. The molecule has 1 N–H and O–H groups in total. The number of benzene rings is 4. The molecule has 11 heteroatoms. The van der Waals surface area contributed by atoms with Crippen LogP contribution in [0.1, 0.15) is 45.8 Å². The van der Waals surface area contributed by atoms with Gasteiger partial charge >= 0.3 is 0 Å². The van der Waals surface area contributed by atoms with Crippen molar-refractivity contribution in [2.75, 3.05) is 9.80 Å². The molecule has 8 rings (SSSR count). The van der Waals surface area contributed by atoms with E-state index < -0.39 is 62.9 Å². The van der Waals surface area contributed by atoms with Gasteiger partial charge in [0.1, 0.15) is 11.6 Å². The fraction of sp³-hybridized carbons (Fsp3) is 0.225. The van der Waals surface area contributed by atoms with Crippen molar-refractivity contribution in [2.45, 2.75) is 35.4 Å². The molecular formula is C40H29Cl2FN2O6. The first-order valence-electron chi connectivity index (χ1n) is 16.5. The van der Waals surface area contributed by atoms with Crippen LogP contribution in [0.2, 0.25) is 0 Å². The van der Waals surface area contributed by atoms with Crippen LogP contribution in [-0.4, -0.2) is 44.3 Å². The molecule has 8 nitrogen and oxygen atoms in total. The van der Waals surface area contributed by atoms with Gasteiger partial charge in [-0.05, 0) is 91.4 Å². The van der Waals surface area contributed by atoms with Crippen molar-refractivity contribution in [3.05, 3.63) is 137 Å². The van der Waals surface area contributed by atoms with Gasteiger partial charge in [0, 0.05) is 17.0 Å². The predicted octanol–water partition coefficient (Wildman–Crippen LogP) is 6.84. The van der Waals surface area contributed by atoms with E-state index >= 15 is 0 Å². The van der Waals surface area contributed by atoms with Crippen LogP contribution < -0.4 is 9.80 Å². The molecule has 0 aromatic heterocycles. The highest BCUT2D eigenvalue weighted by atomic mass is 35.5. The summed E-state index contributed by atoms with van der Waals surface area (Å²) in [7, 11) is 0. The summed E-state index contributed by atoms with van der Waals surface area (Å²) in [6, 6.07) is 24.6. The van der Waals surface area contributed by atoms with E-state index in [1.165, 1.54) is 18.2 Å². The SMILES string of the molecule is Cc1cc(C2C3=CCC4C(=O)N(c5ccc(C(=O)c6ccccc6)cc5)C(=O)C4C3CC3(Cl)C(=O)N(c4ccc(F)cc4)C(=O)C23Cl)ccc1O. The number of halogens is 3. The molecule has 0 radical (unpaired) electrons. The normalized spacial score (nSPS) is 28.4. The number of hydrogen-bond donors (Lipinski definition) is 1. The zero-order valence-corrected chi connectivity index (χ0v) is 28.6. The Morgan fingerprint density at radius 3 is 2.08 bits per heavy atom. The molecule has 256 valence electrons. The lowest BCUT2D eigenvalue weighted by Crippen LogP contribution is -2.60. The summed E-state index contributed by atoms with van der Waals surface area (Å²) < 4.78 is 13.9. The van der Waals surface area contributed by atoms with E-state index in [9.17, 15) is 33.5 Å². The van der Waals surface area contributed by atoms with Crippen LogP contribution in [0.15, 0.2) is 109 Å². The number of phenolic OH excluding ortho intramolecular Hbond substituents is 1. The number of ketones is 1. The molecule has 6 unspecified atom stereocenters. The molecule has 0 spiro atoms. The highest BCUT2D eigenvalue weighted by Gasteiger charge is 2.76. The number of rotatable bonds is 5. The second-order valence-corrected chi connectivity index (χ2v) is 14.8. The number of aromatic hydroxyl groups is 1. The first-order valence-corrected chi connectivity index (χ1v) is 17.2. The van der Waals surface area contributed by atoms with Crippen LogP contribution in [0.25, 0.3) is 0 Å². The highest BCUT2D eigenvalue weighted by Crippen LogP contribution is 2.66. The van der Waals surface area contributed by atoms with E-state index in [0.717, 1.165) is 21.9 Å². The van der Waals surface area contributed by atoms with Crippen LogP contribution in [0.3, 0.4) is 0 Å². The van der Waals surface area contributed by atoms with Crippen molar-refractivity contribution in [1.29, 1.82) is 0 Å². The molecule has 4 aromatic carbocycles. The van der Waals surface area contributed by atoms with E-state index in [2.05, 4.69) is 0 Å². The van der Waals surface area contributed by atoms with Gasteiger partial charge in [-0.2, -0.15) is 0 Å². The van der Waals surface area contributed by atoms with Gasteiger partial charge in [-0.3, -0.25) is 28.9 Å². The standard InChI is InChI=1S/C40H29Cl2FN2O6/c1-21-19-24(9-18-31(21)46)33-28-16-17-29-32(30(28)20-39(41)37(50)45(38(51)40(33,39)42)27-14-10-25(43)11-15-27)36(49)44(35(29)48)26-12-7-23(8-13-26)34(47)22-5-3-2-4-6-22/h2-16,18-19,29-30,32-33,46H,17,20H2,1H3. The zero-order valence-electron chi connectivity index (χ0n) is 27.1. The van der Waals surface area contributed by atoms with Crippen molar-refractivity contribution in [2.24, 2.45) is 17.8 Å². The number of carbonyl (C=O) groups is 5. The van der Waals surface area contributed by atoms with Crippen molar-refractivity contribution in [3.8, 4) is 5.75 Å². The number of aryl methyl sites for hydroxylation is 1. The number of hydrogen-bond acceptors (Lipinski definition) is 6. The van der Waals surface area contributed by atoms with Crippen molar-refractivity contribution < 1.29 is 33.5 Å². The maximum atomic E-state index is 14.5. The van der Waals surface area contributed by atoms with Crippen molar-refractivity contribution >= 4 is 64.0 Å². The Labute approximate surface area is 302 Å². The first kappa shape index (κ1) is 33.0. The molecule has 4 amide bonds. The number of alkyl halides is 2. The smallest absolute Gasteiger partial charge is 0.258 e. The fourth-order valence-corrected chi connectivity index (χ4v) is 9.34. The van der Waals surface area contributed by atoms with Gasteiger partial charge in [0.05, 0.1) is 23.2 Å². The van der Waals surface area contributed by atoms with Gasteiger partial charge in [-0.1, -0.05) is 54.1 Å². The third kappa shape index (κ3) is 4.67. The van der Waals surface area contributed by atoms with E-state index in [1.54, 1.807) is 67.6 Å². The molecule has 2 aliphatic carbocycles. The lowest BCUT2D eigenvalue weighted by atomic mass is 9.56. The van der Waals surface area contributed by atoms with E-state index in [-0.39, 0.29) is 30.1 Å². The topological polar surface area (TPSA) is 112 Å². The van der Waals surface area contributed by atoms with Gasteiger partial charge in [0.25, 0.3) is 11.8 Å². The van der Waals surface area contributed by atoms with Gasteiger partial charge in [-0.15, -0.1) is 23.2 Å². The van der Waals surface area contributed by atoms with E-state index in [0.29, 0.717) is 33.5 Å². The number of imide groups is 2. The molecule has 2 heterocycles. The summed E-state index contributed by atoms with van der Waals surface area (Å²) >= 11 is 14.8. The lowest BCUT2D eigenvalue weighted by Gasteiger charge is -2.50.